The van der Waals surface area contributed by atoms with Crippen molar-refractivity contribution in [2.45, 2.75) is 38.6 Å². The minimum atomic E-state index is 0.165. The molecule has 1 heterocycles. The molecule has 0 aromatic rings. The molecule has 4 nitrogen and oxygen atoms in total. The largest absolute Gasteiger partial charge is 0.352 e. The number of carbonyl (C=O) groups excluding carboxylic acids is 1. The summed E-state index contributed by atoms with van der Waals surface area (Å²) in [5.74, 6) is 0.921. The zero-order valence-electron chi connectivity index (χ0n) is 10.9. The van der Waals surface area contributed by atoms with Crippen molar-refractivity contribution in [3.63, 3.8) is 0 Å². The van der Waals surface area contributed by atoms with Crippen LogP contribution in [-0.4, -0.2) is 49.6 Å². The standard InChI is InChI=1S/C13H25N3O/c1-2-16-7-5-11(6-8-16)9-14-10-13(17)15-12-3-4-12/h11-12,14H,2-10H2,1H3,(H,15,17). The van der Waals surface area contributed by atoms with Gasteiger partial charge in [-0.1, -0.05) is 6.92 Å². The van der Waals surface area contributed by atoms with Crippen LogP contribution in [0.3, 0.4) is 0 Å². The maximum atomic E-state index is 11.5. The molecule has 98 valence electrons. The Morgan fingerprint density at radius 3 is 2.53 bits per heavy atom. The molecular formula is C13H25N3O. The van der Waals surface area contributed by atoms with E-state index in [0.29, 0.717) is 12.6 Å². The summed E-state index contributed by atoms with van der Waals surface area (Å²) in [6.07, 6.45) is 4.87. The molecule has 1 aliphatic carbocycles. The van der Waals surface area contributed by atoms with Crippen LogP contribution in [-0.2, 0) is 4.79 Å². The van der Waals surface area contributed by atoms with Gasteiger partial charge in [-0.3, -0.25) is 4.79 Å². The van der Waals surface area contributed by atoms with Crippen molar-refractivity contribution in [2.24, 2.45) is 5.92 Å². The molecule has 2 rings (SSSR count). The molecule has 2 aliphatic rings. The highest BCUT2D eigenvalue weighted by molar-refractivity contribution is 5.78. The molecule has 1 aliphatic heterocycles. The lowest BCUT2D eigenvalue weighted by Gasteiger charge is -2.31. The molecule has 0 aromatic carbocycles. The third-order valence-corrected chi connectivity index (χ3v) is 3.82. The quantitative estimate of drug-likeness (QED) is 0.713. The number of piperidine rings is 1. The van der Waals surface area contributed by atoms with Gasteiger partial charge >= 0.3 is 0 Å². The lowest BCUT2D eigenvalue weighted by molar-refractivity contribution is -0.120. The van der Waals surface area contributed by atoms with E-state index in [-0.39, 0.29) is 5.91 Å². The third-order valence-electron chi connectivity index (χ3n) is 3.82. The highest BCUT2D eigenvalue weighted by Crippen LogP contribution is 2.18. The first-order chi connectivity index (χ1) is 8.28. The van der Waals surface area contributed by atoms with E-state index < -0.39 is 0 Å². The molecule has 1 saturated carbocycles. The second kappa shape index (κ2) is 6.36. The monoisotopic (exact) mass is 239 g/mol. The first kappa shape index (κ1) is 12.8. The molecule has 0 spiro atoms. The van der Waals surface area contributed by atoms with Gasteiger partial charge in [-0.2, -0.15) is 0 Å². The van der Waals surface area contributed by atoms with Crippen LogP contribution < -0.4 is 10.6 Å². The van der Waals surface area contributed by atoms with E-state index in [4.69, 9.17) is 0 Å². The third kappa shape index (κ3) is 4.64. The fourth-order valence-electron chi connectivity index (χ4n) is 2.40. The first-order valence-electron chi connectivity index (χ1n) is 7.00. The van der Waals surface area contributed by atoms with Crippen molar-refractivity contribution in [2.75, 3.05) is 32.7 Å². The number of likely N-dealkylation sites (tertiary alicyclic amines) is 1. The molecule has 0 bridgehead atoms. The molecule has 4 heteroatoms. The summed E-state index contributed by atoms with van der Waals surface area (Å²) in [6.45, 7) is 7.32. The predicted molar refractivity (Wildman–Crippen MR) is 68.9 cm³/mol. The Hall–Kier alpha value is -0.610. The summed E-state index contributed by atoms with van der Waals surface area (Å²) in [7, 11) is 0. The maximum absolute atomic E-state index is 11.5. The number of hydrogen-bond donors (Lipinski definition) is 2. The molecule has 0 aromatic heterocycles. The van der Waals surface area contributed by atoms with Crippen molar-refractivity contribution in [1.29, 1.82) is 0 Å². The van der Waals surface area contributed by atoms with Gasteiger partial charge in [0.25, 0.3) is 0 Å². The highest BCUT2D eigenvalue weighted by Gasteiger charge is 2.23. The van der Waals surface area contributed by atoms with Crippen molar-refractivity contribution in [1.82, 2.24) is 15.5 Å². The minimum Gasteiger partial charge on any atom is -0.352 e. The fraction of sp³-hybridized carbons (Fsp3) is 0.923. The number of hydrogen-bond acceptors (Lipinski definition) is 3. The van der Waals surface area contributed by atoms with Gasteiger partial charge in [-0.15, -0.1) is 0 Å². The van der Waals surface area contributed by atoms with Crippen LogP contribution in [0.2, 0.25) is 0 Å². The first-order valence-corrected chi connectivity index (χ1v) is 7.00. The van der Waals surface area contributed by atoms with Gasteiger partial charge in [0, 0.05) is 6.04 Å². The minimum absolute atomic E-state index is 0.165. The van der Waals surface area contributed by atoms with Gasteiger partial charge in [0.05, 0.1) is 6.54 Å². The average Bonchev–Trinajstić information content (AvgIpc) is 3.14. The van der Waals surface area contributed by atoms with Crippen LogP contribution in [0.5, 0.6) is 0 Å². The number of amides is 1. The zero-order valence-corrected chi connectivity index (χ0v) is 10.9. The van der Waals surface area contributed by atoms with Gasteiger partial charge in [-0.05, 0) is 57.8 Å². The van der Waals surface area contributed by atoms with E-state index in [1.54, 1.807) is 0 Å². The molecule has 1 amide bonds. The van der Waals surface area contributed by atoms with Crippen LogP contribution in [0.25, 0.3) is 0 Å². The Labute approximate surface area is 104 Å². The van der Waals surface area contributed by atoms with Gasteiger partial charge in [0.1, 0.15) is 0 Å². The maximum Gasteiger partial charge on any atom is 0.234 e. The summed E-state index contributed by atoms with van der Waals surface area (Å²) >= 11 is 0. The molecule has 0 unspecified atom stereocenters. The van der Waals surface area contributed by atoms with Crippen molar-refractivity contribution in [3.05, 3.63) is 0 Å². The van der Waals surface area contributed by atoms with Gasteiger partial charge in [0.2, 0.25) is 5.91 Å². The van der Waals surface area contributed by atoms with E-state index in [9.17, 15) is 4.79 Å². The highest BCUT2D eigenvalue weighted by atomic mass is 16.2. The molecule has 0 radical (unpaired) electrons. The second-order valence-corrected chi connectivity index (χ2v) is 5.35. The Morgan fingerprint density at radius 2 is 1.94 bits per heavy atom. The van der Waals surface area contributed by atoms with Gasteiger partial charge in [-0.25, -0.2) is 0 Å². The topological polar surface area (TPSA) is 44.4 Å². The number of rotatable bonds is 6. The molecular weight excluding hydrogens is 214 g/mol. The summed E-state index contributed by atoms with van der Waals surface area (Å²) in [5, 5.41) is 6.29. The van der Waals surface area contributed by atoms with Crippen LogP contribution in [0.1, 0.15) is 32.6 Å². The van der Waals surface area contributed by atoms with Crippen LogP contribution in [0.4, 0.5) is 0 Å². The SMILES string of the molecule is CCN1CCC(CNCC(=O)NC2CC2)CC1. The van der Waals surface area contributed by atoms with Crippen LogP contribution >= 0.6 is 0 Å². The Morgan fingerprint density at radius 1 is 1.24 bits per heavy atom. The molecule has 2 N–H and O–H groups in total. The average molecular weight is 239 g/mol. The van der Waals surface area contributed by atoms with Gasteiger partial charge < -0.3 is 15.5 Å². The number of carbonyl (C=O) groups is 1. The van der Waals surface area contributed by atoms with E-state index in [0.717, 1.165) is 12.5 Å². The Bertz CT molecular complexity index is 245. The van der Waals surface area contributed by atoms with E-state index >= 15 is 0 Å². The Balaban J connectivity index is 1.51. The summed E-state index contributed by atoms with van der Waals surface area (Å²) < 4.78 is 0. The molecule has 17 heavy (non-hydrogen) atoms. The second-order valence-electron chi connectivity index (χ2n) is 5.35. The molecule has 2 fully saturated rings. The predicted octanol–water partition coefficient (Wildman–Crippen LogP) is 0.587. The summed E-state index contributed by atoms with van der Waals surface area (Å²) in [5.41, 5.74) is 0. The van der Waals surface area contributed by atoms with Crippen molar-refractivity contribution < 1.29 is 4.79 Å². The zero-order chi connectivity index (χ0) is 12.1. The summed E-state index contributed by atoms with van der Waals surface area (Å²) in [4.78, 5) is 13.9. The fourth-order valence-corrected chi connectivity index (χ4v) is 2.40. The van der Waals surface area contributed by atoms with Gasteiger partial charge in [0.15, 0.2) is 0 Å². The summed E-state index contributed by atoms with van der Waals surface area (Å²) in [6, 6.07) is 0.483. The normalized spacial score (nSPS) is 22.6. The van der Waals surface area contributed by atoms with E-state index in [2.05, 4.69) is 22.5 Å². The Kier molecular flexibility index (Phi) is 4.80. The van der Waals surface area contributed by atoms with Crippen LogP contribution in [0, 0.1) is 5.92 Å². The smallest absolute Gasteiger partial charge is 0.234 e. The van der Waals surface area contributed by atoms with Crippen LogP contribution in [0.15, 0.2) is 0 Å². The number of nitrogens with zero attached hydrogens (tertiary/aromatic N) is 1. The van der Waals surface area contributed by atoms with Crippen molar-refractivity contribution in [3.8, 4) is 0 Å². The lowest BCUT2D eigenvalue weighted by atomic mass is 9.97. The van der Waals surface area contributed by atoms with Crippen molar-refractivity contribution >= 4 is 5.91 Å². The van der Waals surface area contributed by atoms with E-state index in [1.807, 2.05) is 0 Å². The molecule has 0 atom stereocenters. The lowest BCUT2D eigenvalue weighted by Crippen LogP contribution is -2.40. The number of nitrogens with one attached hydrogen (secondary N) is 2. The molecule has 1 saturated heterocycles. The van der Waals surface area contributed by atoms with E-state index in [1.165, 1.54) is 45.3 Å².